The van der Waals surface area contributed by atoms with Gasteiger partial charge in [0.15, 0.2) is 0 Å². The van der Waals surface area contributed by atoms with Crippen molar-refractivity contribution < 1.29 is 26.8 Å². The van der Waals surface area contributed by atoms with Gasteiger partial charge in [-0.3, -0.25) is 9.59 Å². The third kappa shape index (κ3) is 3.47. The molecule has 1 atom stereocenters. The number of carbonyl (C=O) groups excluding carboxylic acids is 1. The predicted molar refractivity (Wildman–Crippen MR) is 113 cm³/mol. The first-order chi connectivity index (χ1) is 16.0. The number of aryl methyl sites for hydroxylation is 1. The highest BCUT2D eigenvalue weighted by molar-refractivity contribution is 5.94. The highest BCUT2D eigenvalue weighted by Crippen LogP contribution is 2.35. The maximum absolute atomic E-state index is 14.1. The molecule has 4 aromatic rings. The second-order valence-electron chi connectivity index (χ2n) is 8.31. The van der Waals surface area contributed by atoms with Crippen molar-refractivity contribution in [3.8, 4) is 5.69 Å². The molecule has 4 heterocycles. The quantitative estimate of drug-likeness (QED) is 0.416. The lowest BCUT2D eigenvalue weighted by Gasteiger charge is -2.35. The molecule has 0 saturated heterocycles. The number of benzene rings is 1. The molecule has 34 heavy (non-hydrogen) atoms. The summed E-state index contributed by atoms with van der Waals surface area (Å²) in [4.78, 5) is 31.9. The summed E-state index contributed by atoms with van der Waals surface area (Å²) in [6, 6.07) is 4.07. The largest absolute Gasteiger partial charge is 0.464 e. The first kappa shape index (κ1) is 21.9. The number of imidazole rings is 1. The average molecular weight is 474 g/mol. The molecule has 0 aliphatic carbocycles. The lowest BCUT2D eigenvalue weighted by atomic mass is 10.1. The normalized spacial score (nSPS) is 16.4. The number of fused-ring (bicyclic) bond motifs is 2. The van der Waals surface area contributed by atoms with Gasteiger partial charge in [0.1, 0.15) is 22.8 Å². The van der Waals surface area contributed by atoms with Crippen LogP contribution in [0.4, 0.5) is 17.6 Å². The molecule has 11 heteroatoms. The van der Waals surface area contributed by atoms with Gasteiger partial charge in [0.2, 0.25) is 0 Å². The van der Waals surface area contributed by atoms with Crippen LogP contribution in [0.1, 0.15) is 34.2 Å². The zero-order valence-corrected chi connectivity index (χ0v) is 18.1. The Bertz CT molecular complexity index is 1500. The molecule has 1 aliphatic rings. The van der Waals surface area contributed by atoms with Gasteiger partial charge in [-0.05, 0) is 38.1 Å². The summed E-state index contributed by atoms with van der Waals surface area (Å²) in [6.45, 7) is 3.75. The number of nitrogens with zero attached hydrogens (tertiary/aromatic N) is 4. The highest BCUT2D eigenvalue weighted by atomic mass is 19.4. The van der Waals surface area contributed by atoms with Crippen molar-refractivity contribution in [1.29, 1.82) is 0 Å². The number of pyridine rings is 1. The third-order valence-corrected chi connectivity index (χ3v) is 5.99. The van der Waals surface area contributed by atoms with Crippen molar-refractivity contribution in [3.63, 3.8) is 0 Å². The van der Waals surface area contributed by atoms with Crippen LogP contribution in [-0.2, 0) is 19.3 Å². The maximum atomic E-state index is 14.1. The van der Waals surface area contributed by atoms with Crippen LogP contribution in [0.15, 0.2) is 52.3 Å². The minimum absolute atomic E-state index is 0.0194. The molecule has 1 amide bonds. The minimum atomic E-state index is -4.85. The molecule has 0 fully saturated rings. The van der Waals surface area contributed by atoms with Crippen molar-refractivity contribution in [2.24, 2.45) is 0 Å². The Labute approximate surface area is 189 Å². The van der Waals surface area contributed by atoms with Crippen LogP contribution < -0.4 is 5.56 Å². The van der Waals surface area contributed by atoms with Gasteiger partial charge in [0.25, 0.3) is 11.5 Å². The number of alkyl halides is 3. The topological polar surface area (TPSA) is 73.3 Å². The molecular weight excluding hydrogens is 456 g/mol. The Morgan fingerprint density at radius 2 is 1.97 bits per heavy atom. The molecule has 5 rings (SSSR count). The van der Waals surface area contributed by atoms with E-state index in [1.54, 1.807) is 36.7 Å². The van der Waals surface area contributed by atoms with Gasteiger partial charge >= 0.3 is 6.18 Å². The van der Waals surface area contributed by atoms with Crippen molar-refractivity contribution in [2.75, 3.05) is 0 Å². The molecule has 0 saturated carbocycles. The van der Waals surface area contributed by atoms with Crippen LogP contribution in [0.2, 0.25) is 0 Å². The lowest BCUT2D eigenvalue weighted by molar-refractivity contribution is -0.139. The summed E-state index contributed by atoms with van der Waals surface area (Å²) in [5, 5.41) is 0.152. The van der Waals surface area contributed by atoms with Gasteiger partial charge in [0, 0.05) is 29.7 Å². The van der Waals surface area contributed by atoms with E-state index in [1.807, 2.05) is 0 Å². The van der Waals surface area contributed by atoms with Gasteiger partial charge in [-0.25, -0.2) is 9.37 Å². The van der Waals surface area contributed by atoms with Gasteiger partial charge in [-0.1, -0.05) is 0 Å². The third-order valence-electron chi connectivity index (χ3n) is 5.99. The van der Waals surface area contributed by atoms with E-state index in [2.05, 4.69) is 4.98 Å². The first-order valence-electron chi connectivity index (χ1n) is 10.4. The monoisotopic (exact) mass is 474 g/mol. The Balaban J connectivity index is 1.49. The molecule has 1 aliphatic heterocycles. The second kappa shape index (κ2) is 7.57. The van der Waals surface area contributed by atoms with Gasteiger partial charge < -0.3 is 18.5 Å². The van der Waals surface area contributed by atoms with Crippen molar-refractivity contribution in [3.05, 3.63) is 81.7 Å². The fourth-order valence-electron chi connectivity index (χ4n) is 4.25. The molecule has 0 radical (unpaired) electrons. The second-order valence-corrected chi connectivity index (χ2v) is 8.31. The zero-order chi connectivity index (χ0) is 24.4. The maximum Gasteiger partial charge on any atom is 0.419 e. The number of halogens is 4. The minimum Gasteiger partial charge on any atom is -0.464 e. The van der Waals surface area contributed by atoms with E-state index in [0.717, 1.165) is 11.8 Å². The number of furan rings is 1. The summed E-state index contributed by atoms with van der Waals surface area (Å²) in [5.74, 6) is -1.84. The summed E-state index contributed by atoms with van der Waals surface area (Å²) < 4.78 is 61.4. The molecule has 3 aromatic heterocycles. The summed E-state index contributed by atoms with van der Waals surface area (Å²) in [5.41, 5.74) is -0.243. The van der Waals surface area contributed by atoms with Crippen LogP contribution in [-0.4, -0.2) is 31.0 Å². The van der Waals surface area contributed by atoms with Crippen molar-refractivity contribution in [2.45, 2.75) is 39.2 Å². The van der Waals surface area contributed by atoms with Crippen LogP contribution in [0.25, 0.3) is 16.7 Å². The summed E-state index contributed by atoms with van der Waals surface area (Å²) >= 11 is 0. The van der Waals surface area contributed by atoms with E-state index in [1.165, 1.54) is 22.1 Å². The van der Waals surface area contributed by atoms with E-state index >= 15 is 0 Å². The highest BCUT2D eigenvalue weighted by Gasteiger charge is 2.36. The van der Waals surface area contributed by atoms with Gasteiger partial charge in [0.05, 0.1) is 30.4 Å². The molecule has 0 N–H and O–H groups in total. The number of rotatable bonds is 3. The number of aromatic nitrogens is 3. The summed E-state index contributed by atoms with van der Waals surface area (Å²) in [7, 11) is 0. The number of amides is 1. The number of hydrogen-bond donors (Lipinski definition) is 0. The van der Waals surface area contributed by atoms with Crippen LogP contribution in [0, 0.1) is 12.7 Å². The van der Waals surface area contributed by atoms with E-state index < -0.39 is 29.5 Å². The molecule has 1 aromatic carbocycles. The first-order valence-corrected chi connectivity index (χ1v) is 10.4. The Morgan fingerprint density at radius 3 is 2.65 bits per heavy atom. The average Bonchev–Trinajstić information content (AvgIpc) is 3.36. The number of hydrogen-bond acceptors (Lipinski definition) is 4. The smallest absolute Gasteiger partial charge is 0.419 e. The molecule has 0 spiro atoms. The van der Waals surface area contributed by atoms with Crippen molar-refractivity contribution >= 4 is 16.9 Å². The number of carbonyl (C=O) groups is 1. The van der Waals surface area contributed by atoms with E-state index in [-0.39, 0.29) is 35.3 Å². The molecule has 7 nitrogen and oxygen atoms in total. The van der Waals surface area contributed by atoms with Crippen LogP contribution in [0.3, 0.4) is 0 Å². The predicted octanol–water partition coefficient (Wildman–Crippen LogP) is 4.29. The molecule has 0 bridgehead atoms. The molecule has 176 valence electrons. The zero-order valence-electron chi connectivity index (χ0n) is 18.1. The van der Waals surface area contributed by atoms with E-state index in [0.29, 0.717) is 17.3 Å². The molecular formula is C23H18F4N4O3. The summed E-state index contributed by atoms with van der Waals surface area (Å²) in [6.07, 6.45) is -0.408. The Kier molecular flexibility index (Phi) is 4.88. The van der Waals surface area contributed by atoms with Crippen LogP contribution >= 0.6 is 0 Å². The van der Waals surface area contributed by atoms with Gasteiger partial charge in [-0.2, -0.15) is 13.2 Å². The molecule has 0 unspecified atom stereocenters. The Morgan fingerprint density at radius 1 is 1.21 bits per heavy atom. The Hall–Kier alpha value is -3.89. The lowest BCUT2D eigenvalue weighted by Crippen LogP contribution is -2.49. The SMILES string of the molecule is Cc1cn(-c2ccc3n(c2=O)C[C@@H](C)N(Cc2coc4cc(C(F)(F)F)c(F)cc24)C3=O)cn1. The standard InChI is InChI=1S/C23H18F4N4O3/c1-12-7-29(11-28-12)18-3-4-19-22(33)30(13(2)8-31(19)21(18)32)9-14-10-34-20-6-16(23(25,26)27)17(24)5-15(14)20/h3-7,10-11,13H,8-9H2,1-2H3/t13-/m1/s1. The van der Waals surface area contributed by atoms with E-state index in [9.17, 15) is 27.2 Å². The van der Waals surface area contributed by atoms with Crippen LogP contribution in [0.5, 0.6) is 0 Å². The van der Waals surface area contributed by atoms with Gasteiger partial charge in [-0.15, -0.1) is 0 Å². The fourth-order valence-corrected chi connectivity index (χ4v) is 4.25. The van der Waals surface area contributed by atoms with Crippen molar-refractivity contribution in [1.82, 2.24) is 19.0 Å². The fraction of sp³-hybridized carbons (Fsp3) is 0.261. The van der Waals surface area contributed by atoms with E-state index in [4.69, 9.17) is 4.42 Å².